The van der Waals surface area contributed by atoms with Crippen molar-refractivity contribution in [3.8, 4) is 11.5 Å². The zero-order valence-electron chi connectivity index (χ0n) is 14.3. The highest BCUT2D eigenvalue weighted by Gasteiger charge is 2.29. The lowest BCUT2D eigenvalue weighted by atomic mass is 9.95. The van der Waals surface area contributed by atoms with Crippen molar-refractivity contribution in [3.05, 3.63) is 18.3 Å². The predicted molar refractivity (Wildman–Crippen MR) is 94.0 cm³/mol. The molecule has 0 amide bonds. The van der Waals surface area contributed by atoms with Gasteiger partial charge in [-0.05, 0) is 37.8 Å². The van der Waals surface area contributed by atoms with E-state index in [1.807, 2.05) is 18.3 Å². The molecule has 1 saturated heterocycles. The SMILES string of the molecule is COc1cc2nncc(N3CC(CCNC4CC4)C3)c2cc1OC. The van der Waals surface area contributed by atoms with Gasteiger partial charge in [0.25, 0.3) is 0 Å². The Morgan fingerprint density at radius 3 is 2.62 bits per heavy atom. The van der Waals surface area contributed by atoms with Crippen molar-refractivity contribution >= 4 is 16.6 Å². The lowest BCUT2D eigenvalue weighted by Gasteiger charge is -2.41. The van der Waals surface area contributed by atoms with E-state index in [0.29, 0.717) is 5.75 Å². The topological polar surface area (TPSA) is 59.5 Å². The number of benzene rings is 1. The third kappa shape index (κ3) is 2.98. The molecule has 2 fully saturated rings. The maximum absolute atomic E-state index is 5.43. The molecule has 6 heteroatoms. The summed E-state index contributed by atoms with van der Waals surface area (Å²) in [5.74, 6) is 2.17. The molecule has 0 atom stereocenters. The zero-order chi connectivity index (χ0) is 16.5. The van der Waals surface area contributed by atoms with E-state index < -0.39 is 0 Å². The van der Waals surface area contributed by atoms with Crippen LogP contribution in [0.15, 0.2) is 18.3 Å². The van der Waals surface area contributed by atoms with Gasteiger partial charge in [-0.15, -0.1) is 0 Å². The molecule has 1 aliphatic heterocycles. The first-order chi connectivity index (χ1) is 11.8. The number of anilines is 1. The van der Waals surface area contributed by atoms with E-state index in [2.05, 4.69) is 20.4 Å². The van der Waals surface area contributed by atoms with Gasteiger partial charge in [-0.1, -0.05) is 0 Å². The molecule has 0 radical (unpaired) electrons. The molecule has 128 valence electrons. The van der Waals surface area contributed by atoms with Crippen LogP contribution in [0.1, 0.15) is 19.3 Å². The molecule has 0 spiro atoms. The molecule has 2 heterocycles. The smallest absolute Gasteiger partial charge is 0.162 e. The van der Waals surface area contributed by atoms with Gasteiger partial charge in [-0.2, -0.15) is 10.2 Å². The molecule has 24 heavy (non-hydrogen) atoms. The quantitative estimate of drug-likeness (QED) is 0.841. The van der Waals surface area contributed by atoms with E-state index in [-0.39, 0.29) is 0 Å². The third-order valence-corrected chi connectivity index (χ3v) is 4.98. The highest BCUT2D eigenvalue weighted by molar-refractivity contribution is 5.93. The second kappa shape index (κ2) is 6.43. The minimum absolute atomic E-state index is 0.684. The van der Waals surface area contributed by atoms with Crippen LogP contribution in [0.3, 0.4) is 0 Å². The number of fused-ring (bicyclic) bond motifs is 1. The van der Waals surface area contributed by atoms with E-state index in [1.54, 1.807) is 14.2 Å². The fourth-order valence-electron chi connectivity index (χ4n) is 3.35. The van der Waals surface area contributed by atoms with E-state index >= 15 is 0 Å². The van der Waals surface area contributed by atoms with Crippen molar-refractivity contribution in [2.24, 2.45) is 5.92 Å². The number of hydrogen-bond donors (Lipinski definition) is 1. The Bertz CT molecular complexity index is 726. The molecule has 0 unspecified atom stereocenters. The average Bonchev–Trinajstić information content (AvgIpc) is 3.39. The van der Waals surface area contributed by atoms with E-state index in [9.17, 15) is 0 Å². The summed E-state index contributed by atoms with van der Waals surface area (Å²) in [5, 5.41) is 13.1. The average molecular weight is 328 g/mol. The minimum atomic E-state index is 0.684. The summed E-state index contributed by atoms with van der Waals surface area (Å²) >= 11 is 0. The summed E-state index contributed by atoms with van der Waals surface area (Å²) in [6, 6.07) is 4.69. The highest BCUT2D eigenvalue weighted by atomic mass is 16.5. The van der Waals surface area contributed by atoms with Gasteiger partial charge in [-0.3, -0.25) is 0 Å². The second-order valence-corrected chi connectivity index (χ2v) is 6.74. The Kier molecular flexibility index (Phi) is 4.14. The van der Waals surface area contributed by atoms with Crippen LogP contribution in [0.5, 0.6) is 11.5 Å². The van der Waals surface area contributed by atoms with E-state index in [4.69, 9.17) is 9.47 Å². The van der Waals surface area contributed by atoms with Crippen LogP contribution >= 0.6 is 0 Å². The first kappa shape index (κ1) is 15.4. The van der Waals surface area contributed by atoms with Gasteiger partial charge in [0.1, 0.15) is 0 Å². The number of aromatic nitrogens is 2. The first-order valence-corrected chi connectivity index (χ1v) is 8.64. The summed E-state index contributed by atoms with van der Waals surface area (Å²) in [6.07, 6.45) is 5.82. The van der Waals surface area contributed by atoms with Crippen LogP contribution in [0.2, 0.25) is 0 Å². The number of nitrogens with zero attached hydrogens (tertiary/aromatic N) is 3. The number of methoxy groups -OCH3 is 2. The predicted octanol–water partition coefficient (Wildman–Crippen LogP) is 2.23. The van der Waals surface area contributed by atoms with Crippen LogP contribution in [-0.4, -0.2) is 50.1 Å². The van der Waals surface area contributed by atoms with Crippen molar-refractivity contribution < 1.29 is 9.47 Å². The van der Waals surface area contributed by atoms with Gasteiger partial charge >= 0.3 is 0 Å². The number of rotatable bonds is 7. The normalized spacial score (nSPS) is 17.8. The van der Waals surface area contributed by atoms with E-state index in [0.717, 1.165) is 53.9 Å². The summed E-state index contributed by atoms with van der Waals surface area (Å²) in [6.45, 7) is 3.31. The second-order valence-electron chi connectivity index (χ2n) is 6.74. The molecule has 4 rings (SSSR count). The van der Waals surface area contributed by atoms with Crippen molar-refractivity contribution in [2.45, 2.75) is 25.3 Å². The molecular formula is C18H24N4O2. The van der Waals surface area contributed by atoms with Gasteiger partial charge in [0.2, 0.25) is 0 Å². The molecular weight excluding hydrogens is 304 g/mol. The molecule has 1 N–H and O–H groups in total. The first-order valence-electron chi connectivity index (χ1n) is 8.64. The van der Waals surface area contributed by atoms with Gasteiger partial charge in [-0.25, -0.2) is 0 Å². The van der Waals surface area contributed by atoms with Crippen LogP contribution < -0.4 is 19.7 Å². The Labute approximate surface area is 142 Å². The van der Waals surface area contributed by atoms with Gasteiger partial charge < -0.3 is 19.7 Å². The van der Waals surface area contributed by atoms with Crippen molar-refractivity contribution in [3.63, 3.8) is 0 Å². The third-order valence-electron chi connectivity index (χ3n) is 4.98. The molecule has 6 nitrogen and oxygen atoms in total. The Balaban J connectivity index is 1.48. The minimum Gasteiger partial charge on any atom is -0.493 e. The molecule has 2 aromatic rings. The van der Waals surface area contributed by atoms with E-state index in [1.165, 1.54) is 19.3 Å². The number of hydrogen-bond acceptors (Lipinski definition) is 6. The summed E-state index contributed by atoms with van der Waals surface area (Å²) in [7, 11) is 3.29. The van der Waals surface area contributed by atoms with Crippen LogP contribution in [0, 0.1) is 5.92 Å². The van der Waals surface area contributed by atoms with Gasteiger partial charge in [0, 0.05) is 30.6 Å². The molecule has 0 bridgehead atoms. The lowest BCUT2D eigenvalue weighted by molar-refractivity contribution is 0.355. The van der Waals surface area contributed by atoms with Crippen molar-refractivity contribution in [1.82, 2.24) is 15.5 Å². The molecule has 1 aromatic heterocycles. The fourth-order valence-corrected chi connectivity index (χ4v) is 3.35. The monoisotopic (exact) mass is 328 g/mol. The van der Waals surface area contributed by atoms with Crippen LogP contribution in [0.4, 0.5) is 5.69 Å². The summed E-state index contributed by atoms with van der Waals surface area (Å²) in [5.41, 5.74) is 1.97. The standard InChI is InChI=1S/C18H24N4O2/c1-23-17-7-14-15(8-18(17)24-2)21-20-9-16(14)22-10-12(11-22)5-6-19-13-3-4-13/h7-9,12-13,19H,3-6,10-11H2,1-2H3. The molecule has 1 aromatic carbocycles. The largest absolute Gasteiger partial charge is 0.493 e. The maximum Gasteiger partial charge on any atom is 0.162 e. The Morgan fingerprint density at radius 2 is 1.92 bits per heavy atom. The number of nitrogens with one attached hydrogen (secondary N) is 1. The fraction of sp³-hybridized carbons (Fsp3) is 0.556. The highest BCUT2D eigenvalue weighted by Crippen LogP contribution is 2.37. The van der Waals surface area contributed by atoms with Crippen molar-refractivity contribution in [1.29, 1.82) is 0 Å². The lowest BCUT2D eigenvalue weighted by Crippen LogP contribution is -2.48. The van der Waals surface area contributed by atoms with Crippen molar-refractivity contribution in [2.75, 3.05) is 38.8 Å². The maximum atomic E-state index is 5.43. The number of ether oxygens (including phenoxy) is 2. The Morgan fingerprint density at radius 1 is 1.17 bits per heavy atom. The van der Waals surface area contributed by atoms with Gasteiger partial charge in [0.15, 0.2) is 11.5 Å². The van der Waals surface area contributed by atoms with Gasteiger partial charge in [0.05, 0.1) is 31.6 Å². The van der Waals surface area contributed by atoms with Crippen LogP contribution in [0.25, 0.3) is 10.9 Å². The summed E-state index contributed by atoms with van der Waals surface area (Å²) in [4.78, 5) is 2.38. The Hall–Kier alpha value is -2.08. The molecule has 1 saturated carbocycles. The molecule has 1 aliphatic carbocycles. The zero-order valence-corrected chi connectivity index (χ0v) is 14.3. The molecule has 2 aliphatic rings. The summed E-state index contributed by atoms with van der Waals surface area (Å²) < 4.78 is 10.8. The van der Waals surface area contributed by atoms with Crippen LogP contribution in [-0.2, 0) is 0 Å².